The number of esters is 4. The molecule has 3 N–H and O–H groups in total. The minimum Gasteiger partial charge on any atom is -0.451 e. The Morgan fingerprint density at radius 2 is 1.35 bits per heavy atom. The van der Waals surface area contributed by atoms with Crippen molar-refractivity contribution in [2.75, 3.05) is 17.2 Å². The van der Waals surface area contributed by atoms with E-state index < -0.39 is 71.0 Å². The van der Waals surface area contributed by atoms with Crippen molar-refractivity contribution in [3.8, 4) is 11.5 Å². The van der Waals surface area contributed by atoms with Crippen LogP contribution in [0.5, 0.6) is 11.5 Å². The molecule has 1 fully saturated rings. The number of amides is 2. The lowest BCUT2D eigenvalue weighted by Crippen LogP contribution is -2.71. The van der Waals surface area contributed by atoms with Crippen LogP contribution in [0.1, 0.15) is 64.4 Å². The number of benzene rings is 5. The monoisotopic (exact) mass is 1080 g/mol. The first-order chi connectivity index (χ1) is 37.3. The first kappa shape index (κ1) is 52.4. The third-order valence-corrected chi connectivity index (χ3v) is 13.8. The van der Waals surface area contributed by atoms with Crippen molar-refractivity contribution in [3.05, 3.63) is 191 Å². The van der Waals surface area contributed by atoms with Gasteiger partial charge in [-0.25, -0.2) is 14.3 Å². The van der Waals surface area contributed by atoms with Crippen LogP contribution in [0.15, 0.2) is 172 Å². The number of tetrazole rings is 1. The number of hydrogen-bond acceptors (Lipinski definition) is 21. The number of carbonyl (C=O) groups is 7. The van der Waals surface area contributed by atoms with E-state index in [0.717, 1.165) is 49.1 Å². The maximum absolute atomic E-state index is 14.8. The minimum absolute atomic E-state index is 0.0446. The summed E-state index contributed by atoms with van der Waals surface area (Å²) in [6.07, 6.45) is -0.646. The van der Waals surface area contributed by atoms with Crippen LogP contribution in [0.4, 0.5) is 6.01 Å². The lowest BCUT2D eigenvalue weighted by atomic mass is 10.0. The van der Waals surface area contributed by atoms with Gasteiger partial charge in [0.15, 0.2) is 29.4 Å². The van der Waals surface area contributed by atoms with Crippen LogP contribution in [0.3, 0.4) is 0 Å². The van der Waals surface area contributed by atoms with E-state index in [0.29, 0.717) is 16.7 Å². The molecule has 0 unspecified atom stereocenters. The zero-order valence-corrected chi connectivity index (χ0v) is 42.3. The number of β-lactam (4-membered cyclic amide) rings is 1. The van der Waals surface area contributed by atoms with Gasteiger partial charge in [0, 0.05) is 25.4 Å². The Bertz CT molecular complexity index is 3340. The number of nitrogens with zero attached hydrogens (tertiary/aromatic N) is 7. The Balaban J connectivity index is 0.964. The molecule has 5 aromatic carbocycles. The number of oxazole rings is 1. The van der Waals surface area contributed by atoms with E-state index in [9.17, 15) is 33.6 Å². The molecule has 0 bridgehead atoms. The summed E-state index contributed by atoms with van der Waals surface area (Å²) in [5, 5.41) is 17.7. The molecule has 0 radical (unpaired) electrons. The number of carbonyl (C=O) groups excluding carboxylic acids is 7. The smallest absolute Gasteiger partial charge is 0.365 e. The van der Waals surface area contributed by atoms with Gasteiger partial charge >= 0.3 is 29.8 Å². The quantitative estimate of drug-likeness (QED) is 0.0185. The molecule has 24 heteroatoms. The Hall–Kier alpha value is -9.42. The van der Waals surface area contributed by atoms with Gasteiger partial charge in [-0.05, 0) is 56.5 Å². The highest BCUT2D eigenvalue weighted by Gasteiger charge is 2.55. The molecule has 2 amide bonds. The Morgan fingerprint density at radius 1 is 0.779 bits per heavy atom. The lowest BCUT2D eigenvalue weighted by Gasteiger charge is -2.49. The van der Waals surface area contributed by atoms with Gasteiger partial charge in [-0.3, -0.25) is 28.9 Å². The normalized spacial score (nSPS) is 15.0. The fourth-order valence-electron chi connectivity index (χ4n) is 8.01. The number of rotatable bonds is 19. The van der Waals surface area contributed by atoms with Crippen molar-refractivity contribution >= 4 is 76.9 Å². The van der Waals surface area contributed by atoms with Gasteiger partial charge in [0.05, 0.1) is 5.56 Å². The molecule has 9 rings (SSSR count). The molecular formula is C53H43N9O13S2. The van der Waals surface area contributed by atoms with Gasteiger partial charge < -0.3 is 39.3 Å². The predicted octanol–water partition coefficient (Wildman–Crippen LogP) is 5.77. The number of aromatic nitrogens is 5. The van der Waals surface area contributed by atoms with E-state index >= 15 is 0 Å². The molecular weight excluding hydrogens is 1030 g/mol. The molecule has 0 saturated carbocycles. The summed E-state index contributed by atoms with van der Waals surface area (Å²) in [4.78, 5) is 104. The van der Waals surface area contributed by atoms with Gasteiger partial charge in [0.2, 0.25) is 5.16 Å². The largest absolute Gasteiger partial charge is 0.451 e. The van der Waals surface area contributed by atoms with Crippen molar-refractivity contribution < 1.29 is 61.8 Å². The number of oxime groups is 1. The van der Waals surface area contributed by atoms with E-state index in [4.69, 9.17) is 33.9 Å². The van der Waals surface area contributed by atoms with Crippen LogP contribution in [0.25, 0.3) is 0 Å². The molecule has 0 aliphatic carbocycles. The molecule has 2 atom stereocenters. The summed E-state index contributed by atoms with van der Waals surface area (Å²) < 4.78 is 28.9. The van der Waals surface area contributed by atoms with Crippen LogP contribution < -0.4 is 20.5 Å². The second-order valence-electron chi connectivity index (χ2n) is 16.8. The Kier molecular flexibility index (Phi) is 16.2. The second-order valence-corrected chi connectivity index (χ2v) is 18.8. The minimum atomic E-state index is -1.28. The van der Waals surface area contributed by atoms with Crippen LogP contribution in [0.2, 0.25) is 0 Å². The number of nitrogen functional groups attached to an aromatic ring is 1. The van der Waals surface area contributed by atoms with Crippen LogP contribution in [0, 0.1) is 0 Å². The molecule has 0 spiro atoms. The van der Waals surface area contributed by atoms with Gasteiger partial charge in [0.1, 0.15) is 35.6 Å². The number of hydrogen-bond donors (Lipinski definition) is 2. The maximum Gasteiger partial charge on any atom is 0.365 e. The average molecular weight is 1080 g/mol. The summed E-state index contributed by atoms with van der Waals surface area (Å²) in [6.45, 7) is 1.87. The molecule has 2 aliphatic heterocycles. The zero-order chi connectivity index (χ0) is 54.0. The van der Waals surface area contributed by atoms with E-state index in [2.05, 4.69) is 31.0 Å². The number of ether oxygens (including phenoxy) is 4. The van der Waals surface area contributed by atoms with E-state index in [1.807, 2.05) is 97.1 Å². The average Bonchev–Trinajstić information content (AvgIpc) is 4.09. The van der Waals surface area contributed by atoms with Gasteiger partial charge in [0.25, 0.3) is 17.8 Å². The molecule has 2 aromatic heterocycles. The molecule has 77 heavy (non-hydrogen) atoms. The number of thioether (sulfide) groups is 2. The fourth-order valence-corrected chi connectivity index (χ4v) is 10.4. The van der Waals surface area contributed by atoms with Crippen molar-refractivity contribution in [2.24, 2.45) is 5.16 Å². The van der Waals surface area contributed by atoms with Crippen molar-refractivity contribution in [3.63, 3.8) is 0 Å². The molecule has 7 aromatic rings. The van der Waals surface area contributed by atoms with E-state index in [-0.39, 0.29) is 57.7 Å². The second kappa shape index (κ2) is 23.8. The van der Waals surface area contributed by atoms with E-state index in [1.165, 1.54) is 33.5 Å². The predicted molar refractivity (Wildman–Crippen MR) is 274 cm³/mol. The molecule has 22 nitrogen and oxygen atoms in total. The topological polar surface area (TPSA) is 289 Å². The molecule has 2 aliphatic rings. The van der Waals surface area contributed by atoms with Crippen LogP contribution in [-0.4, -0.2) is 100 Å². The van der Waals surface area contributed by atoms with Gasteiger partial charge in [-0.2, -0.15) is 4.98 Å². The summed E-state index contributed by atoms with van der Waals surface area (Å²) in [5.41, 5.74) is 7.78. The first-order valence-corrected chi connectivity index (χ1v) is 25.3. The summed E-state index contributed by atoms with van der Waals surface area (Å²) in [6, 6.07) is 38.5. The third kappa shape index (κ3) is 12.4. The fraction of sp³-hybridized carbons (Fsp3) is 0.170. The van der Waals surface area contributed by atoms with Crippen LogP contribution >= 0.6 is 23.5 Å². The number of nitrogens with two attached hydrogens (primary N) is 1. The SMILES string of the molecule is CC(=O)Oc1ccc(C(=O)ON=C(C(=O)N[C@@H]2C(=O)N3C(C(=O)OC(c4ccccc4)c4ccccc4)=C(CSc4nnnn4CC(=O)OC(c4ccccc4)c4ccccc4)CS[C@@H]23)c2coc(N)n2)cc1OC(C)=O. The Labute approximate surface area is 445 Å². The summed E-state index contributed by atoms with van der Waals surface area (Å²) in [5.74, 6) is -6.15. The maximum atomic E-state index is 14.8. The standard InChI is InChI=1S/C53H43N9O13S2/c1-30(63)71-39-24-23-36(25-40(39)72-31(2)64)50(68)75-58-42(38-27-70-52(54)55-38)47(66)56-43-48(67)62-44(51(69)74-46(34-19-11-5-12-20-34)35-21-13-6-14-22-35)37(28-76-49(43)62)29-77-53-57-59-60-61(53)26-41(65)73-45(32-15-7-3-8-16-32)33-17-9-4-10-18-33/h3-25,27,43,45-46,49H,26,28-29H2,1-2H3,(H2,54,55)(H,56,66)/t43-,49+/m1/s1. The molecule has 4 heterocycles. The number of anilines is 1. The Morgan fingerprint density at radius 3 is 1.91 bits per heavy atom. The highest BCUT2D eigenvalue weighted by molar-refractivity contribution is 8.01. The highest BCUT2D eigenvalue weighted by atomic mass is 32.2. The van der Waals surface area contributed by atoms with Crippen molar-refractivity contribution in [2.45, 2.75) is 49.2 Å². The zero-order valence-electron chi connectivity index (χ0n) is 40.6. The molecule has 390 valence electrons. The number of fused-ring (bicyclic) bond motifs is 1. The lowest BCUT2D eigenvalue weighted by molar-refractivity contribution is -0.154. The van der Waals surface area contributed by atoms with Crippen LogP contribution in [-0.2, 0) is 49.6 Å². The van der Waals surface area contributed by atoms with Gasteiger partial charge in [-0.1, -0.05) is 138 Å². The molecule has 1 saturated heterocycles. The van der Waals surface area contributed by atoms with Crippen molar-refractivity contribution in [1.29, 1.82) is 0 Å². The van der Waals surface area contributed by atoms with Crippen molar-refractivity contribution in [1.82, 2.24) is 35.4 Å². The third-order valence-electron chi connectivity index (χ3n) is 11.5. The summed E-state index contributed by atoms with van der Waals surface area (Å²) in [7, 11) is 0. The number of nitrogens with one attached hydrogen (secondary N) is 1. The first-order valence-electron chi connectivity index (χ1n) is 23.3. The van der Waals surface area contributed by atoms with Gasteiger partial charge in [-0.15, -0.1) is 16.9 Å². The summed E-state index contributed by atoms with van der Waals surface area (Å²) >= 11 is 2.34. The highest BCUT2D eigenvalue weighted by Crippen LogP contribution is 2.43. The van der Waals surface area contributed by atoms with E-state index in [1.54, 1.807) is 24.3 Å².